The van der Waals surface area contributed by atoms with Crippen molar-refractivity contribution < 1.29 is 31.1 Å². The first kappa shape index (κ1) is 20.4. The highest BCUT2D eigenvalue weighted by molar-refractivity contribution is 6.02. The van der Waals surface area contributed by atoms with Crippen LogP contribution >= 0.6 is 0 Å². The Hall–Kier alpha value is -3.35. The molecule has 0 radical (unpaired) electrons. The van der Waals surface area contributed by atoms with Gasteiger partial charge in [0.2, 0.25) is 5.88 Å². The molecule has 1 aromatic heterocycles. The molecule has 1 atom stereocenters. The van der Waals surface area contributed by atoms with Crippen LogP contribution in [0, 0.1) is 11.3 Å². The molecule has 3 rings (SSSR count). The zero-order chi connectivity index (χ0) is 21.2. The lowest BCUT2D eigenvalue weighted by Gasteiger charge is -2.21. The predicted molar refractivity (Wildman–Crippen MR) is 90.4 cm³/mol. The van der Waals surface area contributed by atoms with Gasteiger partial charge in [-0.25, -0.2) is 4.98 Å². The Kier molecular flexibility index (Phi) is 5.33. The van der Waals surface area contributed by atoms with E-state index in [0.29, 0.717) is 11.8 Å². The quantitative estimate of drug-likeness (QED) is 0.630. The molecule has 2 heterocycles. The standard InChI is InChI=1S/C19H11F6N3O/c20-18(21,22)13-4-8-16(27-10-13)29-14-5-1-11(2-6-14)15-7-3-12(9-26)17(28-15)19(23,24)25/h1-6,8,10,17H,7H2. The van der Waals surface area contributed by atoms with E-state index in [1.165, 1.54) is 36.4 Å². The summed E-state index contributed by atoms with van der Waals surface area (Å²) in [5, 5.41) is 8.85. The van der Waals surface area contributed by atoms with Gasteiger partial charge in [-0.15, -0.1) is 0 Å². The fourth-order valence-corrected chi connectivity index (χ4v) is 2.59. The lowest BCUT2D eigenvalue weighted by molar-refractivity contribution is -0.138. The van der Waals surface area contributed by atoms with Gasteiger partial charge in [0, 0.05) is 24.4 Å². The van der Waals surface area contributed by atoms with Gasteiger partial charge >= 0.3 is 12.4 Å². The number of aromatic nitrogens is 1. The topological polar surface area (TPSA) is 58.3 Å². The highest BCUT2D eigenvalue weighted by Gasteiger charge is 2.43. The summed E-state index contributed by atoms with van der Waals surface area (Å²) < 4.78 is 82.2. The van der Waals surface area contributed by atoms with Crippen LogP contribution in [0.1, 0.15) is 17.5 Å². The van der Waals surface area contributed by atoms with Crippen molar-refractivity contribution in [1.29, 1.82) is 5.26 Å². The molecule has 10 heteroatoms. The fourth-order valence-electron chi connectivity index (χ4n) is 2.59. The van der Waals surface area contributed by atoms with E-state index in [1.54, 1.807) is 0 Å². The van der Waals surface area contributed by atoms with E-state index >= 15 is 0 Å². The van der Waals surface area contributed by atoms with Crippen LogP contribution in [0.3, 0.4) is 0 Å². The van der Waals surface area contributed by atoms with Crippen molar-refractivity contribution in [1.82, 2.24) is 4.98 Å². The van der Waals surface area contributed by atoms with E-state index < -0.39 is 29.5 Å². The van der Waals surface area contributed by atoms with Gasteiger partial charge in [-0.2, -0.15) is 31.6 Å². The van der Waals surface area contributed by atoms with Crippen LogP contribution in [0.15, 0.2) is 59.2 Å². The molecule has 1 aromatic carbocycles. The number of hydrogen-bond donors (Lipinski definition) is 0. The summed E-state index contributed by atoms with van der Waals surface area (Å²) in [6, 6.07) is 7.00. The maximum absolute atomic E-state index is 13.1. The summed E-state index contributed by atoms with van der Waals surface area (Å²) in [4.78, 5) is 7.24. The molecule has 0 spiro atoms. The Balaban J connectivity index is 1.75. The largest absolute Gasteiger partial charge is 0.439 e. The molecule has 1 aliphatic heterocycles. The van der Waals surface area contributed by atoms with E-state index in [-0.39, 0.29) is 23.8 Å². The number of pyridine rings is 1. The minimum atomic E-state index is -4.68. The van der Waals surface area contributed by atoms with E-state index in [9.17, 15) is 26.3 Å². The van der Waals surface area contributed by atoms with Gasteiger partial charge in [-0.1, -0.05) is 6.08 Å². The molecule has 1 unspecified atom stereocenters. The van der Waals surface area contributed by atoms with Crippen LogP contribution < -0.4 is 4.74 Å². The zero-order valence-corrected chi connectivity index (χ0v) is 14.4. The third-order valence-electron chi connectivity index (χ3n) is 4.01. The number of hydrogen-bond acceptors (Lipinski definition) is 4. The van der Waals surface area contributed by atoms with Crippen molar-refractivity contribution >= 4 is 5.71 Å². The first-order valence-corrected chi connectivity index (χ1v) is 8.13. The molecule has 29 heavy (non-hydrogen) atoms. The van der Waals surface area contributed by atoms with Crippen LogP contribution in [0.4, 0.5) is 26.3 Å². The first-order chi connectivity index (χ1) is 13.6. The number of allylic oxidation sites excluding steroid dienone is 1. The summed E-state index contributed by atoms with van der Waals surface area (Å²) >= 11 is 0. The van der Waals surface area contributed by atoms with Crippen molar-refractivity contribution in [3.8, 4) is 17.7 Å². The highest BCUT2D eigenvalue weighted by Crippen LogP contribution is 2.33. The van der Waals surface area contributed by atoms with Gasteiger partial charge in [-0.3, -0.25) is 4.99 Å². The molecular weight excluding hydrogens is 400 g/mol. The number of benzene rings is 1. The minimum absolute atomic E-state index is 0.0656. The van der Waals surface area contributed by atoms with Crippen molar-refractivity contribution in [3.05, 3.63) is 65.4 Å². The summed E-state index contributed by atoms with van der Waals surface area (Å²) in [7, 11) is 0. The number of nitriles is 1. The Morgan fingerprint density at radius 2 is 1.69 bits per heavy atom. The fraction of sp³-hybridized carbons (Fsp3) is 0.211. The Morgan fingerprint density at radius 3 is 2.21 bits per heavy atom. The molecule has 1 aliphatic rings. The molecule has 4 nitrogen and oxygen atoms in total. The van der Waals surface area contributed by atoms with Gasteiger partial charge in [0.15, 0.2) is 6.04 Å². The SMILES string of the molecule is N#CC1=CCC(c2ccc(Oc3ccc(C(F)(F)F)cn3)cc2)=NC1C(F)(F)F. The minimum Gasteiger partial charge on any atom is -0.439 e. The molecule has 2 aromatic rings. The Labute approximate surface area is 160 Å². The normalized spacial score (nSPS) is 17.2. The van der Waals surface area contributed by atoms with Crippen molar-refractivity contribution in [3.63, 3.8) is 0 Å². The molecule has 0 saturated carbocycles. The second-order valence-electron chi connectivity index (χ2n) is 6.00. The van der Waals surface area contributed by atoms with Crippen molar-refractivity contribution in [2.75, 3.05) is 0 Å². The Bertz CT molecular complexity index is 983. The molecule has 0 saturated heterocycles. The third kappa shape index (κ3) is 4.74. The number of dihydropyridines is 1. The summed E-state index contributed by atoms with van der Waals surface area (Å²) in [6.07, 6.45) is -7.30. The number of rotatable bonds is 3. The van der Waals surface area contributed by atoms with Crippen LogP contribution in [0.2, 0.25) is 0 Å². The molecule has 0 N–H and O–H groups in total. The van der Waals surface area contributed by atoms with Crippen molar-refractivity contribution in [2.24, 2.45) is 4.99 Å². The number of halogens is 6. The average molecular weight is 411 g/mol. The zero-order valence-electron chi connectivity index (χ0n) is 14.4. The summed E-state index contributed by atoms with van der Waals surface area (Å²) in [5.41, 5.74) is -0.806. The smallest absolute Gasteiger partial charge is 0.417 e. The summed E-state index contributed by atoms with van der Waals surface area (Å²) in [6.45, 7) is 0. The molecule has 0 aliphatic carbocycles. The maximum Gasteiger partial charge on any atom is 0.417 e. The number of alkyl halides is 6. The second-order valence-corrected chi connectivity index (χ2v) is 6.00. The number of nitrogens with zero attached hydrogens (tertiary/aromatic N) is 3. The second kappa shape index (κ2) is 7.58. The van der Waals surface area contributed by atoms with Gasteiger partial charge < -0.3 is 4.74 Å². The predicted octanol–water partition coefficient (Wildman–Crippen LogP) is 5.47. The molecule has 0 fully saturated rings. The van der Waals surface area contributed by atoms with Gasteiger partial charge in [0.05, 0.1) is 17.2 Å². The molecule has 0 amide bonds. The number of aliphatic imine (C=N–C) groups is 1. The van der Waals surface area contributed by atoms with Crippen LogP contribution in [0.5, 0.6) is 11.6 Å². The van der Waals surface area contributed by atoms with Gasteiger partial charge in [-0.05, 0) is 35.9 Å². The molecule has 150 valence electrons. The molecular formula is C19H11F6N3O. The maximum atomic E-state index is 13.1. The van der Waals surface area contributed by atoms with E-state index in [2.05, 4.69) is 9.98 Å². The lowest BCUT2D eigenvalue weighted by Crippen LogP contribution is -2.32. The van der Waals surface area contributed by atoms with Gasteiger partial charge in [0.25, 0.3) is 0 Å². The van der Waals surface area contributed by atoms with E-state index in [1.807, 2.05) is 0 Å². The Morgan fingerprint density at radius 1 is 1.00 bits per heavy atom. The van der Waals surface area contributed by atoms with E-state index in [4.69, 9.17) is 10.00 Å². The molecule has 0 bridgehead atoms. The third-order valence-corrected chi connectivity index (χ3v) is 4.01. The van der Waals surface area contributed by atoms with Crippen LogP contribution in [0.25, 0.3) is 0 Å². The van der Waals surface area contributed by atoms with Crippen LogP contribution in [-0.4, -0.2) is 22.9 Å². The van der Waals surface area contributed by atoms with Crippen molar-refractivity contribution in [2.45, 2.75) is 24.8 Å². The van der Waals surface area contributed by atoms with Crippen LogP contribution in [-0.2, 0) is 6.18 Å². The number of ether oxygens (including phenoxy) is 1. The average Bonchev–Trinajstić information content (AvgIpc) is 2.67. The summed E-state index contributed by atoms with van der Waals surface area (Å²) in [5.74, 6) is 0.164. The highest BCUT2D eigenvalue weighted by atomic mass is 19.4. The monoisotopic (exact) mass is 411 g/mol. The van der Waals surface area contributed by atoms with E-state index in [0.717, 1.165) is 12.1 Å². The first-order valence-electron chi connectivity index (χ1n) is 8.13. The van der Waals surface area contributed by atoms with Gasteiger partial charge in [0.1, 0.15) is 5.75 Å². The lowest BCUT2D eigenvalue weighted by atomic mass is 9.98.